The van der Waals surface area contributed by atoms with E-state index in [0.29, 0.717) is 12.5 Å². The van der Waals surface area contributed by atoms with Crippen LogP contribution in [0.4, 0.5) is 4.79 Å². The van der Waals surface area contributed by atoms with Gasteiger partial charge in [0, 0.05) is 52.2 Å². The van der Waals surface area contributed by atoms with E-state index in [0.717, 1.165) is 49.0 Å². The van der Waals surface area contributed by atoms with Gasteiger partial charge in [-0.25, -0.2) is 4.79 Å². The molecular formula is C33H40ClN3O3. The minimum atomic E-state index is -0.904. The first kappa shape index (κ1) is 29.6. The van der Waals surface area contributed by atoms with Gasteiger partial charge in [-0.3, -0.25) is 4.79 Å². The molecule has 1 heterocycles. The van der Waals surface area contributed by atoms with Gasteiger partial charge in [-0.05, 0) is 59.9 Å². The highest BCUT2D eigenvalue weighted by Gasteiger charge is 2.44. The van der Waals surface area contributed by atoms with Crippen molar-refractivity contribution >= 4 is 23.6 Å². The molecule has 1 saturated heterocycles. The van der Waals surface area contributed by atoms with E-state index >= 15 is 0 Å². The summed E-state index contributed by atoms with van der Waals surface area (Å²) >= 11 is 6.02. The van der Waals surface area contributed by atoms with E-state index in [1.165, 1.54) is 22.4 Å². The lowest BCUT2D eigenvalue weighted by Gasteiger charge is -2.47. The Morgan fingerprint density at radius 1 is 0.925 bits per heavy atom. The van der Waals surface area contributed by atoms with Crippen LogP contribution < -0.4 is 0 Å². The van der Waals surface area contributed by atoms with Crippen LogP contribution >= 0.6 is 11.6 Å². The van der Waals surface area contributed by atoms with Crippen molar-refractivity contribution in [2.75, 3.05) is 33.7 Å². The molecule has 0 radical (unpaired) electrons. The number of carboxylic acid groups (broad SMARTS) is 1. The minimum absolute atomic E-state index is 0.141. The molecular weight excluding hydrogens is 522 g/mol. The number of hydrogen-bond donors (Lipinski definition) is 1. The van der Waals surface area contributed by atoms with Crippen LogP contribution in [0.2, 0.25) is 5.02 Å². The molecule has 2 amide bonds. The van der Waals surface area contributed by atoms with E-state index in [2.05, 4.69) is 41.3 Å². The number of hydrogen-bond acceptors (Lipinski definition) is 3. The summed E-state index contributed by atoms with van der Waals surface area (Å²) in [6, 6.07) is 28.4. The van der Waals surface area contributed by atoms with Crippen molar-refractivity contribution in [3.63, 3.8) is 0 Å². The van der Waals surface area contributed by atoms with Gasteiger partial charge < -0.3 is 19.8 Å². The molecule has 1 aliphatic carbocycles. The predicted molar refractivity (Wildman–Crippen MR) is 160 cm³/mol. The number of rotatable bonds is 7. The minimum Gasteiger partial charge on any atom is -0.465 e. The Morgan fingerprint density at radius 2 is 1.50 bits per heavy atom. The van der Waals surface area contributed by atoms with Crippen LogP contribution in [0, 0.1) is 5.92 Å². The second kappa shape index (κ2) is 13.3. The molecule has 212 valence electrons. The maximum Gasteiger partial charge on any atom is 0.407 e. The zero-order valence-electron chi connectivity index (χ0n) is 23.7. The summed E-state index contributed by atoms with van der Waals surface area (Å²) < 4.78 is 0. The molecule has 40 heavy (non-hydrogen) atoms. The van der Waals surface area contributed by atoms with Gasteiger partial charge >= 0.3 is 6.09 Å². The summed E-state index contributed by atoms with van der Waals surface area (Å²) in [5.41, 5.74) is 3.50. The summed E-state index contributed by atoms with van der Waals surface area (Å²) in [7, 11) is 3.51. The summed E-state index contributed by atoms with van der Waals surface area (Å²) in [5, 5.41) is 9.38. The largest absolute Gasteiger partial charge is 0.465 e. The molecule has 3 aromatic carbocycles. The molecule has 2 atom stereocenters. The zero-order valence-corrected chi connectivity index (χ0v) is 24.4. The molecule has 5 rings (SSSR count). The van der Waals surface area contributed by atoms with E-state index in [1.807, 2.05) is 60.5 Å². The van der Waals surface area contributed by atoms with Crippen LogP contribution in [0.15, 0.2) is 84.9 Å². The third-order valence-corrected chi connectivity index (χ3v) is 8.66. The Labute approximate surface area is 243 Å². The molecule has 0 aromatic heterocycles. The number of piperidine rings is 1. The van der Waals surface area contributed by atoms with Crippen LogP contribution in [0.25, 0.3) is 0 Å². The van der Waals surface area contributed by atoms with Crippen molar-refractivity contribution in [2.45, 2.75) is 44.2 Å². The van der Waals surface area contributed by atoms with Gasteiger partial charge in [0.15, 0.2) is 0 Å². The highest BCUT2D eigenvalue weighted by Crippen LogP contribution is 2.49. The van der Waals surface area contributed by atoms with Gasteiger partial charge in [0.2, 0.25) is 5.91 Å². The van der Waals surface area contributed by atoms with E-state index in [1.54, 1.807) is 14.0 Å². The van der Waals surface area contributed by atoms with Gasteiger partial charge in [0.05, 0.1) is 5.54 Å². The topological polar surface area (TPSA) is 64.1 Å². The van der Waals surface area contributed by atoms with Gasteiger partial charge in [-0.1, -0.05) is 84.4 Å². The molecule has 0 unspecified atom stereocenters. The van der Waals surface area contributed by atoms with Crippen LogP contribution in [-0.4, -0.2) is 65.5 Å². The van der Waals surface area contributed by atoms with Crippen LogP contribution in [0.1, 0.15) is 48.8 Å². The second-order valence-electron chi connectivity index (χ2n) is 11.1. The van der Waals surface area contributed by atoms with Crippen LogP contribution in [-0.2, 0) is 16.9 Å². The highest BCUT2D eigenvalue weighted by atomic mass is 35.5. The number of benzene rings is 3. The summed E-state index contributed by atoms with van der Waals surface area (Å²) in [6.45, 7) is 5.35. The maximum atomic E-state index is 12.2. The van der Waals surface area contributed by atoms with Gasteiger partial charge in [0.25, 0.3) is 0 Å². The summed E-state index contributed by atoms with van der Waals surface area (Å²) in [5.74, 6) is 1.57. The van der Waals surface area contributed by atoms with Crippen molar-refractivity contribution in [3.8, 4) is 0 Å². The molecule has 7 heteroatoms. The fourth-order valence-electron chi connectivity index (χ4n) is 5.80. The normalized spacial score (nSPS) is 19.6. The van der Waals surface area contributed by atoms with Crippen molar-refractivity contribution in [3.05, 3.63) is 107 Å². The standard InChI is InChI=1S/C24H29ClN2O.C9H11NO2/c1-18(28)26(2)24(21-6-4-3-5-7-21)12-14-27(15-13-24)17-20-16-23(20)19-8-10-22(25)11-9-19;1-10(9(11)12)7-8-5-3-2-4-6-8/h3-11,20,23H,12-17H2,1-2H3;2-6H,7H2,1H3,(H,11,12)/t20-,23+;/m0./s1. The predicted octanol–water partition coefficient (Wildman–Crippen LogP) is 6.71. The Morgan fingerprint density at radius 3 is 2.05 bits per heavy atom. The number of carbonyl (C=O) groups excluding carboxylic acids is 1. The summed E-state index contributed by atoms with van der Waals surface area (Å²) in [6.07, 6.45) is 2.35. The smallest absolute Gasteiger partial charge is 0.407 e. The van der Waals surface area contributed by atoms with Crippen LogP contribution in [0.3, 0.4) is 0 Å². The lowest BCUT2D eigenvalue weighted by Crippen LogP contribution is -2.53. The molecule has 3 aromatic rings. The lowest BCUT2D eigenvalue weighted by atomic mass is 9.79. The van der Waals surface area contributed by atoms with Crippen molar-refractivity contribution < 1.29 is 14.7 Å². The van der Waals surface area contributed by atoms with Crippen molar-refractivity contribution in [1.29, 1.82) is 0 Å². The fourth-order valence-corrected chi connectivity index (χ4v) is 5.92. The lowest BCUT2D eigenvalue weighted by molar-refractivity contribution is -0.136. The second-order valence-corrected chi connectivity index (χ2v) is 11.5. The molecule has 0 bridgehead atoms. The zero-order chi connectivity index (χ0) is 28.7. The van der Waals surface area contributed by atoms with Gasteiger partial charge in [0.1, 0.15) is 0 Å². The first-order valence-electron chi connectivity index (χ1n) is 14.0. The number of likely N-dealkylation sites (tertiary alicyclic amines) is 1. The molecule has 2 fully saturated rings. The summed E-state index contributed by atoms with van der Waals surface area (Å²) in [4.78, 5) is 28.5. The Bertz CT molecular complexity index is 1240. The van der Waals surface area contributed by atoms with E-state index in [9.17, 15) is 9.59 Å². The Balaban J connectivity index is 0.000000259. The Kier molecular flexibility index (Phi) is 9.88. The van der Waals surface area contributed by atoms with E-state index < -0.39 is 6.09 Å². The molecule has 6 nitrogen and oxygen atoms in total. The van der Waals surface area contributed by atoms with Gasteiger partial charge in [-0.2, -0.15) is 0 Å². The monoisotopic (exact) mass is 561 g/mol. The third kappa shape index (κ3) is 7.43. The first-order chi connectivity index (χ1) is 19.2. The molecule has 2 aliphatic rings. The number of nitrogens with zero attached hydrogens (tertiary/aromatic N) is 3. The fraction of sp³-hybridized carbons (Fsp3) is 0.394. The SMILES string of the molecule is CC(=O)N(C)C1(c2ccccc2)CCN(C[C@@H]2C[C@@H]2c2ccc(Cl)cc2)CC1.CN(Cc1ccccc1)C(=O)O. The quantitative estimate of drug-likeness (QED) is 0.348. The van der Waals surface area contributed by atoms with E-state index in [-0.39, 0.29) is 11.4 Å². The number of amides is 2. The molecule has 1 saturated carbocycles. The van der Waals surface area contributed by atoms with Crippen molar-refractivity contribution in [1.82, 2.24) is 14.7 Å². The Hall–Kier alpha value is -3.35. The average molecular weight is 562 g/mol. The van der Waals surface area contributed by atoms with Gasteiger partial charge in [-0.15, -0.1) is 0 Å². The average Bonchev–Trinajstić information content (AvgIpc) is 3.73. The van der Waals surface area contributed by atoms with Crippen molar-refractivity contribution in [2.24, 2.45) is 5.92 Å². The maximum absolute atomic E-state index is 12.2. The first-order valence-corrected chi connectivity index (χ1v) is 14.3. The number of carbonyl (C=O) groups is 2. The highest BCUT2D eigenvalue weighted by molar-refractivity contribution is 6.30. The molecule has 1 aliphatic heterocycles. The molecule has 0 spiro atoms. The molecule has 1 N–H and O–H groups in total. The third-order valence-electron chi connectivity index (χ3n) is 8.41. The number of halogens is 1. The van der Waals surface area contributed by atoms with Crippen LogP contribution in [0.5, 0.6) is 0 Å². The van der Waals surface area contributed by atoms with E-state index in [4.69, 9.17) is 16.7 Å².